The number of hydrogen-bond acceptors (Lipinski definition) is 7. The lowest BCUT2D eigenvalue weighted by molar-refractivity contribution is 0.365. The normalized spacial score (nSPS) is 11.3. The van der Waals surface area contributed by atoms with Gasteiger partial charge in [0.05, 0.1) is 36.1 Å². The summed E-state index contributed by atoms with van der Waals surface area (Å²) in [4.78, 5) is 26.7. The summed E-state index contributed by atoms with van der Waals surface area (Å²) in [5, 5.41) is 0.565. The van der Waals surface area contributed by atoms with Gasteiger partial charge in [-0.15, -0.1) is 0 Å². The van der Waals surface area contributed by atoms with Crippen LogP contribution in [-0.2, 0) is 10.7 Å². The van der Waals surface area contributed by atoms with Crippen molar-refractivity contribution < 1.29 is 8.37 Å². The van der Waals surface area contributed by atoms with E-state index in [1.54, 1.807) is 12.5 Å². The number of nitrogens with zero attached hydrogens (tertiary/aromatic N) is 5. The monoisotopic (exact) mass is 459 g/mol. The highest BCUT2D eigenvalue weighted by Gasteiger charge is 2.18. The van der Waals surface area contributed by atoms with Gasteiger partial charge in [-0.2, -0.15) is 0 Å². The Balaban J connectivity index is 1.59. The van der Waals surface area contributed by atoms with E-state index >= 15 is 0 Å². The first-order valence-electron chi connectivity index (χ1n) is 10.5. The summed E-state index contributed by atoms with van der Waals surface area (Å²) in [6.07, 6.45) is 5.22. The van der Waals surface area contributed by atoms with Crippen LogP contribution in [-0.4, -0.2) is 30.5 Å². The van der Waals surface area contributed by atoms with Crippen molar-refractivity contribution in [2.24, 2.45) is 0 Å². The molecule has 5 rings (SSSR count). The van der Waals surface area contributed by atoms with Crippen molar-refractivity contribution in [1.82, 2.24) is 23.9 Å². The predicted molar refractivity (Wildman–Crippen MR) is 128 cm³/mol. The Morgan fingerprint density at radius 3 is 2.82 bits per heavy atom. The van der Waals surface area contributed by atoms with E-state index in [0.29, 0.717) is 34.7 Å². The molecule has 0 aliphatic rings. The minimum absolute atomic E-state index is 0.130. The van der Waals surface area contributed by atoms with Gasteiger partial charge in [0.1, 0.15) is 11.3 Å². The fraction of sp³-hybridized carbons (Fsp3) is 0.167. The Labute approximate surface area is 194 Å². The summed E-state index contributed by atoms with van der Waals surface area (Å²) < 4.78 is 14.6. The van der Waals surface area contributed by atoms with Crippen LogP contribution >= 0.6 is 12.3 Å². The molecule has 0 fully saturated rings. The van der Waals surface area contributed by atoms with Crippen LogP contribution in [0.1, 0.15) is 18.2 Å². The van der Waals surface area contributed by atoms with Gasteiger partial charge < -0.3 is 4.18 Å². The van der Waals surface area contributed by atoms with Crippen molar-refractivity contribution >= 4 is 28.9 Å². The molecule has 4 heterocycles. The Bertz CT molecular complexity index is 1500. The molecule has 0 radical (unpaired) electrons. The standard InChI is InChI=1S/C24H21N5O3S/c1-3-31-33-32-24-21(14-28-15-26-20-12-16(2)7-9-18(20)23(28)30)27-22-10-8-17(13-29(22)24)19-6-4-5-11-25-19/h4-13,15H,3,14H2,1-2H3. The molecule has 5 aromatic rings. The highest BCUT2D eigenvalue weighted by molar-refractivity contribution is 7.90. The van der Waals surface area contributed by atoms with Crippen LogP contribution in [0.5, 0.6) is 5.88 Å². The molecule has 0 saturated heterocycles. The quantitative estimate of drug-likeness (QED) is 0.263. The van der Waals surface area contributed by atoms with Crippen LogP contribution in [0.25, 0.3) is 27.8 Å². The SMILES string of the molecule is CCOSOc1c(Cn2cnc3cc(C)ccc3c2=O)nc2ccc(-c3ccccn3)cn12. The minimum atomic E-state index is -0.130. The third-order valence-corrected chi connectivity index (χ3v) is 5.74. The molecular weight excluding hydrogens is 438 g/mol. The fourth-order valence-electron chi connectivity index (χ4n) is 3.59. The van der Waals surface area contributed by atoms with Gasteiger partial charge in [0.25, 0.3) is 5.56 Å². The highest BCUT2D eigenvalue weighted by Crippen LogP contribution is 2.28. The summed E-state index contributed by atoms with van der Waals surface area (Å²) in [6, 6.07) is 15.2. The first kappa shape index (κ1) is 21.2. The molecule has 166 valence electrons. The molecule has 0 bridgehead atoms. The zero-order valence-electron chi connectivity index (χ0n) is 18.1. The van der Waals surface area contributed by atoms with E-state index in [9.17, 15) is 4.79 Å². The second-order valence-corrected chi connectivity index (χ2v) is 8.02. The summed E-state index contributed by atoms with van der Waals surface area (Å²) in [5.41, 5.74) is 4.63. The maximum Gasteiger partial charge on any atom is 0.261 e. The Morgan fingerprint density at radius 1 is 1.09 bits per heavy atom. The van der Waals surface area contributed by atoms with Gasteiger partial charge in [0.2, 0.25) is 18.2 Å². The summed E-state index contributed by atoms with van der Waals surface area (Å²) >= 11 is 0.881. The average Bonchev–Trinajstić information content (AvgIpc) is 3.18. The molecule has 0 atom stereocenters. The van der Waals surface area contributed by atoms with Gasteiger partial charge in [0, 0.05) is 18.0 Å². The Morgan fingerprint density at radius 2 is 2.00 bits per heavy atom. The van der Waals surface area contributed by atoms with Crippen LogP contribution in [0.2, 0.25) is 0 Å². The van der Waals surface area contributed by atoms with Gasteiger partial charge in [-0.25, -0.2) is 9.97 Å². The lowest BCUT2D eigenvalue weighted by atomic mass is 10.2. The molecule has 8 nitrogen and oxygen atoms in total. The van der Waals surface area contributed by atoms with Gasteiger partial charge in [-0.3, -0.25) is 22.9 Å². The zero-order chi connectivity index (χ0) is 22.8. The molecule has 1 aromatic carbocycles. The molecule has 33 heavy (non-hydrogen) atoms. The molecule has 9 heteroatoms. The van der Waals surface area contributed by atoms with Crippen LogP contribution < -0.4 is 9.74 Å². The number of benzene rings is 1. The lowest BCUT2D eigenvalue weighted by Crippen LogP contribution is -2.21. The minimum Gasteiger partial charge on any atom is -0.379 e. The number of hydrogen-bond donors (Lipinski definition) is 0. The van der Waals surface area contributed by atoms with Crippen molar-refractivity contribution in [2.75, 3.05) is 6.61 Å². The van der Waals surface area contributed by atoms with Crippen LogP contribution in [0.4, 0.5) is 0 Å². The molecule has 0 N–H and O–H groups in total. The van der Waals surface area contributed by atoms with E-state index in [0.717, 1.165) is 29.1 Å². The number of fused-ring (bicyclic) bond motifs is 2. The Kier molecular flexibility index (Phi) is 5.80. The van der Waals surface area contributed by atoms with Crippen LogP contribution in [0.15, 0.2) is 72.0 Å². The van der Waals surface area contributed by atoms with E-state index in [2.05, 4.69) is 9.97 Å². The van der Waals surface area contributed by atoms with Gasteiger partial charge >= 0.3 is 0 Å². The smallest absolute Gasteiger partial charge is 0.261 e. The van der Waals surface area contributed by atoms with E-state index in [-0.39, 0.29) is 12.1 Å². The maximum absolute atomic E-state index is 13.1. The van der Waals surface area contributed by atoms with E-state index in [4.69, 9.17) is 13.4 Å². The molecule has 0 spiro atoms. The third-order valence-electron chi connectivity index (χ3n) is 5.18. The number of pyridine rings is 2. The van der Waals surface area contributed by atoms with Crippen molar-refractivity contribution in [3.05, 3.63) is 88.9 Å². The molecule has 0 aliphatic carbocycles. The first-order chi connectivity index (χ1) is 16.1. The summed E-state index contributed by atoms with van der Waals surface area (Å²) in [6.45, 7) is 4.55. The third kappa shape index (κ3) is 4.20. The largest absolute Gasteiger partial charge is 0.379 e. The van der Waals surface area contributed by atoms with Crippen molar-refractivity contribution in [2.45, 2.75) is 20.4 Å². The van der Waals surface area contributed by atoms with Gasteiger partial charge in [0.15, 0.2) is 0 Å². The van der Waals surface area contributed by atoms with Crippen molar-refractivity contribution in [3.8, 4) is 17.1 Å². The molecule has 4 aromatic heterocycles. The first-order valence-corrected chi connectivity index (χ1v) is 11.1. The van der Waals surface area contributed by atoms with Gasteiger partial charge in [-0.1, -0.05) is 12.1 Å². The summed E-state index contributed by atoms with van der Waals surface area (Å²) in [5.74, 6) is 0.483. The maximum atomic E-state index is 13.1. The van der Waals surface area contributed by atoms with Crippen molar-refractivity contribution in [1.29, 1.82) is 0 Å². The van der Waals surface area contributed by atoms with E-state index < -0.39 is 0 Å². The zero-order valence-corrected chi connectivity index (χ0v) is 19.0. The van der Waals surface area contributed by atoms with Gasteiger partial charge in [-0.05, 0) is 55.8 Å². The Hall–Kier alpha value is -3.69. The number of rotatable bonds is 7. The fourth-order valence-corrected chi connectivity index (χ4v) is 3.98. The van der Waals surface area contributed by atoms with E-state index in [1.165, 1.54) is 4.57 Å². The molecule has 0 aliphatic heterocycles. The second kappa shape index (κ2) is 9.05. The average molecular weight is 460 g/mol. The molecular formula is C24H21N5O3S. The van der Waals surface area contributed by atoms with E-state index in [1.807, 2.05) is 73.0 Å². The van der Waals surface area contributed by atoms with Crippen molar-refractivity contribution in [3.63, 3.8) is 0 Å². The molecule has 0 saturated carbocycles. The highest BCUT2D eigenvalue weighted by atomic mass is 32.2. The summed E-state index contributed by atoms with van der Waals surface area (Å²) in [7, 11) is 0. The molecule has 0 unspecified atom stereocenters. The molecule has 0 amide bonds. The number of aryl methyl sites for hydroxylation is 1. The number of aromatic nitrogens is 5. The number of imidazole rings is 1. The van der Waals surface area contributed by atoms with Crippen LogP contribution in [0, 0.1) is 6.92 Å². The predicted octanol–water partition coefficient (Wildman–Crippen LogP) is 4.44. The van der Waals surface area contributed by atoms with Crippen LogP contribution in [0.3, 0.4) is 0 Å². The second-order valence-electron chi connectivity index (χ2n) is 7.48. The lowest BCUT2D eigenvalue weighted by Gasteiger charge is -2.08. The topological polar surface area (TPSA) is 83.5 Å².